The zero-order valence-corrected chi connectivity index (χ0v) is 8.41. The minimum absolute atomic E-state index is 0.0651. The molecule has 86 valence electrons. The lowest BCUT2D eigenvalue weighted by Crippen LogP contribution is -2.07. The van der Waals surface area contributed by atoms with E-state index in [1.165, 1.54) is 10.6 Å². The van der Waals surface area contributed by atoms with Crippen LogP contribution in [0.15, 0.2) is 12.3 Å². The maximum atomic E-state index is 12.6. The van der Waals surface area contributed by atoms with Gasteiger partial charge in [0.15, 0.2) is 5.65 Å². The number of rotatable bonds is 1. The Morgan fingerprint density at radius 2 is 2.12 bits per heavy atom. The van der Waals surface area contributed by atoms with Crippen molar-refractivity contribution in [1.29, 1.82) is 0 Å². The Kier molecular flexibility index (Phi) is 2.25. The Hall–Kier alpha value is -1.79. The standard InChI is InChI=1S/C9H9F3N4/c1-2-5-3-7(13)15-8-6(9(10,11)12)4-14-16(5)8/h3-4H,2H2,1H3,(H2,13,15). The molecule has 0 aliphatic heterocycles. The molecule has 0 fully saturated rings. The first-order chi connectivity index (χ1) is 7.43. The van der Waals surface area contributed by atoms with Crippen LogP contribution in [0.5, 0.6) is 0 Å². The number of hydrogen-bond donors (Lipinski definition) is 1. The lowest BCUT2D eigenvalue weighted by Gasteiger charge is -2.06. The van der Waals surface area contributed by atoms with E-state index in [4.69, 9.17) is 5.73 Å². The van der Waals surface area contributed by atoms with E-state index in [0.29, 0.717) is 12.1 Å². The molecule has 0 atom stereocenters. The molecular weight excluding hydrogens is 221 g/mol. The maximum absolute atomic E-state index is 12.6. The van der Waals surface area contributed by atoms with Gasteiger partial charge in [-0.15, -0.1) is 0 Å². The number of fused-ring (bicyclic) bond motifs is 1. The van der Waals surface area contributed by atoms with Crippen molar-refractivity contribution in [2.75, 3.05) is 5.73 Å². The molecule has 0 saturated carbocycles. The van der Waals surface area contributed by atoms with Gasteiger partial charge in [-0.2, -0.15) is 18.3 Å². The van der Waals surface area contributed by atoms with E-state index in [9.17, 15) is 13.2 Å². The van der Waals surface area contributed by atoms with Crippen LogP contribution in [0.25, 0.3) is 5.65 Å². The van der Waals surface area contributed by atoms with E-state index in [1.54, 1.807) is 0 Å². The first-order valence-corrected chi connectivity index (χ1v) is 4.63. The Balaban J connectivity index is 2.77. The van der Waals surface area contributed by atoms with Gasteiger partial charge in [0.25, 0.3) is 0 Å². The highest BCUT2D eigenvalue weighted by molar-refractivity contribution is 5.53. The Bertz CT molecular complexity index is 529. The predicted molar refractivity (Wildman–Crippen MR) is 51.8 cm³/mol. The smallest absolute Gasteiger partial charge is 0.384 e. The lowest BCUT2D eigenvalue weighted by molar-refractivity contribution is -0.136. The molecule has 0 aliphatic rings. The van der Waals surface area contributed by atoms with Gasteiger partial charge in [0.1, 0.15) is 11.4 Å². The van der Waals surface area contributed by atoms with Crippen molar-refractivity contribution < 1.29 is 13.2 Å². The Labute approximate surface area is 88.9 Å². The second-order valence-corrected chi connectivity index (χ2v) is 3.32. The van der Waals surface area contributed by atoms with Crippen molar-refractivity contribution in [2.45, 2.75) is 19.5 Å². The third kappa shape index (κ3) is 1.58. The molecule has 2 aromatic heterocycles. The lowest BCUT2D eigenvalue weighted by atomic mass is 10.3. The van der Waals surface area contributed by atoms with Gasteiger partial charge in [0.2, 0.25) is 0 Å². The number of aryl methyl sites for hydroxylation is 1. The zero-order valence-electron chi connectivity index (χ0n) is 8.41. The topological polar surface area (TPSA) is 56.2 Å². The molecule has 2 heterocycles. The van der Waals surface area contributed by atoms with Gasteiger partial charge in [0, 0.05) is 11.8 Å². The number of nitrogen functional groups attached to an aromatic ring is 1. The summed E-state index contributed by atoms with van der Waals surface area (Å²) in [6.07, 6.45) is -3.17. The van der Waals surface area contributed by atoms with E-state index in [1.807, 2.05) is 6.92 Å². The van der Waals surface area contributed by atoms with E-state index < -0.39 is 11.7 Å². The number of halogens is 3. The number of nitrogens with two attached hydrogens (primary N) is 1. The number of anilines is 1. The van der Waals surface area contributed by atoms with Crippen molar-refractivity contribution in [3.63, 3.8) is 0 Å². The summed E-state index contributed by atoms with van der Waals surface area (Å²) in [6.45, 7) is 1.81. The normalized spacial score (nSPS) is 12.2. The molecule has 16 heavy (non-hydrogen) atoms. The third-order valence-corrected chi connectivity index (χ3v) is 2.23. The first kappa shape index (κ1) is 10.7. The van der Waals surface area contributed by atoms with Crippen LogP contribution in [0.1, 0.15) is 18.2 Å². The van der Waals surface area contributed by atoms with Gasteiger partial charge >= 0.3 is 6.18 Å². The van der Waals surface area contributed by atoms with Crippen molar-refractivity contribution >= 4 is 11.5 Å². The molecule has 0 bridgehead atoms. The van der Waals surface area contributed by atoms with E-state index in [2.05, 4.69) is 10.1 Å². The number of hydrogen-bond acceptors (Lipinski definition) is 3. The van der Waals surface area contributed by atoms with Gasteiger partial charge in [-0.1, -0.05) is 6.92 Å². The fraction of sp³-hybridized carbons (Fsp3) is 0.333. The second-order valence-electron chi connectivity index (χ2n) is 3.32. The molecule has 2 N–H and O–H groups in total. The van der Waals surface area contributed by atoms with Gasteiger partial charge in [0.05, 0.1) is 6.20 Å². The van der Waals surface area contributed by atoms with E-state index in [0.717, 1.165) is 6.20 Å². The molecular formula is C9H9F3N4. The monoisotopic (exact) mass is 230 g/mol. The summed E-state index contributed by atoms with van der Waals surface area (Å²) in [6, 6.07) is 1.51. The van der Waals surface area contributed by atoms with Crippen LogP contribution in [0.2, 0.25) is 0 Å². The highest BCUT2D eigenvalue weighted by atomic mass is 19.4. The average Bonchev–Trinajstić information content (AvgIpc) is 2.58. The summed E-state index contributed by atoms with van der Waals surface area (Å²) >= 11 is 0. The van der Waals surface area contributed by atoms with Gasteiger partial charge < -0.3 is 5.73 Å². The number of aromatic nitrogens is 3. The number of alkyl halides is 3. The average molecular weight is 230 g/mol. The minimum Gasteiger partial charge on any atom is -0.384 e. The molecule has 2 rings (SSSR count). The van der Waals surface area contributed by atoms with Crippen molar-refractivity contribution in [2.24, 2.45) is 0 Å². The van der Waals surface area contributed by atoms with Crippen LogP contribution < -0.4 is 5.73 Å². The maximum Gasteiger partial charge on any atom is 0.421 e. The van der Waals surface area contributed by atoms with Crippen molar-refractivity contribution in [1.82, 2.24) is 14.6 Å². The number of nitrogens with zero attached hydrogens (tertiary/aromatic N) is 3. The molecule has 0 radical (unpaired) electrons. The molecule has 7 heteroatoms. The molecule has 2 aromatic rings. The van der Waals surface area contributed by atoms with Gasteiger partial charge in [-0.3, -0.25) is 0 Å². The molecule has 0 unspecified atom stereocenters. The highest BCUT2D eigenvalue weighted by Gasteiger charge is 2.35. The van der Waals surface area contributed by atoms with Gasteiger partial charge in [-0.25, -0.2) is 9.50 Å². The van der Waals surface area contributed by atoms with Crippen LogP contribution in [0.3, 0.4) is 0 Å². The van der Waals surface area contributed by atoms with Crippen molar-refractivity contribution in [3.05, 3.63) is 23.5 Å². The summed E-state index contributed by atoms with van der Waals surface area (Å²) < 4.78 is 38.9. The molecule has 0 aromatic carbocycles. The zero-order chi connectivity index (χ0) is 11.9. The summed E-state index contributed by atoms with van der Waals surface area (Å²) in [5.74, 6) is 0.0651. The largest absolute Gasteiger partial charge is 0.421 e. The van der Waals surface area contributed by atoms with Crippen LogP contribution in [-0.4, -0.2) is 14.6 Å². The Morgan fingerprint density at radius 3 is 2.69 bits per heavy atom. The molecule has 0 aliphatic carbocycles. The van der Waals surface area contributed by atoms with E-state index in [-0.39, 0.29) is 11.5 Å². The molecule has 0 saturated heterocycles. The van der Waals surface area contributed by atoms with E-state index >= 15 is 0 Å². The first-order valence-electron chi connectivity index (χ1n) is 4.63. The third-order valence-electron chi connectivity index (χ3n) is 2.23. The quantitative estimate of drug-likeness (QED) is 0.813. The summed E-state index contributed by atoms with van der Waals surface area (Å²) in [5, 5.41) is 3.68. The molecule has 0 amide bonds. The Morgan fingerprint density at radius 1 is 1.44 bits per heavy atom. The van der Waals surface area contributed by atoms with Crippen LogP contribution >= 0.6 is 0 Å². The minimum atomic E-state index is -4.46. The van der Waals surface area contributed by atoms with Crippen LogP contribution in [0, 0.1) is 0 Å². The highest BCUT2D eigenvalue weighted by Crippen LogP contribution is 2.32. The molecule has 4 nitrogen and oxygen atoms in total. The summed E-state index contributed by atoms with van der Waals surface area (Å²) in [4.78, 5) is 3.67. The fourth-order valence-electron chi connectivity index (χ4n) is 1.50. The van der Waals surface area contributed by atoms with Crippen LogP contribution in [0.4, 0.5) is 19.0 Å². The molecule has 0 spiro atoms. The fourth-order valence-corrected chi connectivity index (χ4v) is 1.50. The summed E-state index contributed by atoms with van der Waals surface area (Å²) in [7, 11) is 0. The second kappa shape index (κ2) is 3.36. The van der Waals surface area contributed by atoms with Crippen LogP contribution in [-0.2, 0) is 12.6 Å². The SMILES string of the molecule is CCc1cc(N)nc2c(C(F)(F)F)cnn12. The van der Waals surface area contributed by atoms with Crippen molar-refractivity contribution in [3.8, 4) is 0 Å². The predicted octanol–water partition coefficient (Wildman–Crippen LogP) is 1.89. The van der Waals surface area contributed by atoms with Gasteiger partial charge in [-0.05, 0) is 6.42 Å². The summed E-state index contributed by atoms with van der Waals surface area (Å²) in [5.41, 5.74) is 4.94.